The van der Waals surface area contributed by atoms with Gasteiger partial charge in [-0.1, -0.05) is 37.3 Å². The van der Waals surface area contributed by atoms with E-state index in [1.807, 2.05) is 61.5 Å². The van der Waals surface area contributed by atoms with Crippen LogP contribution < -0.4 is 10.5 Å². The third-order valence-electron chi connectivity index (χ3n) is 3.84. The van der Waals surface area contributed by atoms with E-state index in [1.165, 1.54) is 0 Å². The molecule has 1 unspecified atom stereocenters. The Balaban J connectivity index is 2.05. The van der Waals surface area contributed by atoms with E-state index in [0.717, 1.165) is 34.3 Å². The van der Waals surface area contributed by atoms with Gasteiger partial charge in [-0.25, -0.2) is 4.98 Å². The first-order chi connectivity index (χ1) is 11.2. The highest BCUT2D eigenvalue weighted by molar-refractivity contribution is 5.86. The Morgan fingerprint density at radius 2 is 1.87 bits per heavy atom. The van der Waals surface area contributed by atoms with Gasteiger partial charge in [0.2, 0.25) is 0 Å². The number of anilines is 1. The van der Waals surface area contributed by atoms with Crippen molar-refractivity contribution >= 4 is 16.6 Å². The van der Waals surface area contributed by atoms with Crippen molar-refractivity contribution in [3.05, 3.63) is 54.6 Å². The van der Waals surface area contributed by atoms with Crippen LogP contribution in [0.5, 0.6) is 5.75 Å². The molecule has 0 radical (unpaired) electrons. The van der Waals surface area contributed by atoms with E-state index in [-0.39, 0.29) is 12.7 Å². The van der Waals surface area contributed by atoms with Crippen LogP contribution in [-0.4, -0.2) is 22.8 Å². The van der Waals surface area contributed by atoms with Crippen molar-refractivity contribution in [3.63, 3.8) is 0 Å². The van der Waals surface area contributed by atoms with Gasteiger partial charge in [0, 0.05) is 16.6 Å². The summed E-state index contributed by atoms with van der Waals surface area (Å²) in [5.41, 5.74) is 9.14. The SMILES string of the molecule is CCC(CO)Oc1cccc2ccc(-c3ccc(N)cc3)nc12. The van der Waals surface area contributed by atoms with E-state index < -0.39 is 0 Å². The molecule has 1 aromatic heterocycles. The Morgan fingerprint density at radius 1 is 1.09 bits per heavy atom. The summed E-state index contributed by atoms with van der Waals surface area (Å²) in [5, 5.41) is 10.4. The molecule has 3 N–H and O–H groups in total. The fraction of sp³-hybridized carbons (Fsp3) is 0.211. The first-order valence-electron chi connectivity index (χ1n) is 7.74. The number of fused-ring (bicyclic) bond motifs is 1. The van der Waals surface area contributed by atoms with Crippen molar-refractivity contribution in [2.75, 3.05) is 12.3 Å². The normalized spacial score (nSPS) is 12.3. The standard InChI is InChI=1S/C19H20N2O2/c1-2-16(12-22)23-18-5-3-4-14-8-11-17(21-19(14)18)13-6-9-15(20)10-7-13/h3-11,16,22H,2,12,20H2,1H3. The van der Waals surface area contributed by atoms with Crippen molar-refractivity contribution in [1.29, 1.82) is 0 Å². The van der Waals surface area contributed by atoms with Crippen LogP contribution in [0.3, 0.4) is 0 Å². The smallest absolute Gasteiger partial charge is 0.146 e. The number of aromatic nitrogens is 1. The average molecular weight is 308 g/mol. The van der Waals surface area contributed by atoms with Crippen molar-refractivity contribution in [2.45, 2.75) is 19.4 Å². The maximum absolute atomic E-state index is 9.36. The number of nitrogens with zero attached hydrogens (tertiary/aromatic N) is 1. The van der Waals surface area contributed by atoms with Crippen LogP contribution in [0, 0.1) is 0 Å². The molecule has 0 aliphatic rings. The topological polar surface area (TPSA) is 68.4 Å². The fourth-order valence-corrected chi connectivity index (χ4v) is 2.46. The van der Waals surface area contributed by atoms with Crippen LogP contribution in [-0.2, 0) is 0 Å². The minimum absolute atomic E-state index is 0.00938. The van der Waals surface area contributed by atoms with Crippen molar-refractivity contribution < 1.29 is 9.84 Å². The molecule has 118 valence electrons. The lowest BCUT2D eigenvalue weighted by atomic mass is 10.1. The molecule has 0 saturated carbocycles. The van der Waals surface area contributed by atoms with Gasteiger partial charge >= 0.3 is 0 Å². The highest BCUT2D eigenvalue weighted by Gasteiger charge is 2.11. The number of nitrogens with two attached hydrogens (primary N) is 1. The molecule has 0 spiro atoms. The molecule has 23 heavy (non-hydrogen) atoms. The highest BCUT2D eigenvalue weighted by Crippen LogP contribution is 2.28. The number of aliphatic hydroxyl groups excluding tert-OH is 1. The molecule has 4 nitrogen and oxygen atoms in total. The molecular formula is C19H20N2O2. The second-order valence-electron chi connectivity index (χ2n) is 5.48. The number of ether oxygens (including phenoxy) is 1. The number of aliphatic hydroxyl groups is 1. The Hall–Kier alpha value is -2.59. The molecule has 0 aliphatic carbocycles. The Kier molecular flexibility index (Phi) is 4.44. The third-order valence-corrected chi connectivity index (χ3v) is 3.84. The molecule has 0 saturated heterocycles. The summed E-state index contributed by atoms with van der Waals surface area (Å²) in [5.74, 6) is 0.695. The zero-order valence-electron chi connectivity index (χ0n) is 13.1. The number of rotatable bonds is 5. The minimum atomic E-state index is -0.220. The van der Waals surface area contributed by atoms with E-state index in [4.69, 9.17) is 15.5 Å². The lowest BCUT2D eigenvalue weighted by molar-refractivity contribution is 0.114. The number of benzene rings is 2. The maximum atomic E-state index is 9.36. The van der Waals surface area contributed by atoms with E-state index in [0.29, 0.717) is 5.75 Å². The summed E-state index contributed by atoms with van der Waals surface area (Å²) in [6.45, 7) is 1.98. The molecule has 2 aromatic carbocycles. The zero-order chi connectivity index (χ0) is 16.2. The third kappa shape index (κ3) is 3.27. The number of para-hydroxylation sites is 1. The van der Waals surface area contributed by atoms with Gasteiger partial charge in [-0.15, -0.1) is 0 Å². The minimum Gasteiger partial charge on any atom is -0.486 e. The molecule has 0 bridgehead atoms. The lowest BCUT2D eigenvalue weighted by Crippen LogP contribution is -2.19. The summed E-state index contributed by atoms with van der Waals surface area (Å²) in [7, 11) is 0. The average Bonchev–Trinajstić information content (AvgIpc) is 2.60. The van der Waals surface area contributed by atoms with Gasteiger partial charge in [-0.2, -0.15) is 0 Å². The predicted octanol–water partition coefficient (Wildman–Crippen LogP) is 3.63. The van der Waals surface area contributed by atoms with Crippen molar-refractivity contribution in [2.24, 2.45) is 0 Å². The Morgan fingerprint density at radius 3 is 2.57 bits per heavy atom. The van der Waals surface area contributed by atoms with Gasteiger partial charge in [-0.05, 0) is 30.7 Å². The Labute approximate surface area is 135 Å². The second-order valence-corrected chi connectivity index (χ2v) is 5.48. The molecule has 3 rings (SSSR count). The van der Waals surface area contributed by atoms with Gasteiger partial charge in [0.05, 0.1) is 12.3 Å². The van der Waals surface area contributed by atoms with Crippen LogP contribution in [0.4, 0.5) is 5.69 Å². The monoisotopic (exact) mass is 308 g/mol. The lowest BCUT2D eigenvalue weighted by Gasteiger charge is -2.16. The highest BCUT2D eigenvalue weighted by atomic mass is 16.5. The molecule has 4 heteroatoms. The summed E-state index contributed by atoms with van der Waals surface area (Å²) in [6.07, 6.45) is 0.521. The van der Waals surface area contributed by atoms with Gasteiger partial charge in [0.1, 0.15) is 17.4 Å². The first kappa shape index (κ1) is 15.3. The van der Waals surface area contributed by atoms with Crippen LogP contribution in [0.1, 0.15) is 13.3 Å². The van der Waals surface area contributed by atoms with Gasteiger partial charge in [-0.3, -0.25) is 0 Å². The van der Waals surface area contributed by atoms with E-state index in [2.05, 4.69) is 0 Å². The zero-order valence-corrected chi connectivity index (χ0v) is 13.1. The van der Waals surface area contributed by atoms with Gasteiger partial charge < -0.3 is 15.6 Å². The number of nitrogen functional groups attached to an aromatic ring is 1. The maximum Gasteiger partial charge on any atom is 0.146 e. The molecule has 1 heterocycles. The number of hydrogen-bond acceptors (Lipinski definition) is 4. The van der Waals surface area contributed by atoms with Crippen LogP contribution >= 0.6 is 0 Å². The summed E-state index contributed by atoms with van der Waals surface area (Å²) in [6, 6.07) is 17.5. The Bertz CT molecular complexity index is 796. The van der Waals surface area contributed by atoms with Crippen LogP contribution in [0.25, 0.3) is 22.2 Å². The second kappa shape index (κ2) is 6.67. The largest absolute Gasteiger partial charge is 0.486 e. The molecular weight excluding hydrogens is 288 g/mol. The van der Waals surface area contributed by atoms with Crippen LogP contribution in [0.2, 0.25) is 0 Å². The van der Waals surface area contributed by atoms with Crippen LogP contribution in [0.15, 0.2) is 54.6 Å². The number of hydrogen-bond donors (Lipinski definition) is 2. The first-order valence-corrected chi connectivity index (χ1v) is 7.74. The molecule has 0 amide bonds. The molecule has 1 atom stereocenters. The van der Waals surface area contributed by atoms with Gasteiger partial charge in [0.15, 0.2) is 0 Å². The summed E-state index contributed by atoms with van der Waals surface area (Å²) < 4.78 is 5.90. The fourth-order valence-electron chi connectivity index (χ4n) is 2.46. The van der Waals surface area contributed by atoms with E-state index >= 15 is 0 Å². The van der Waals surface area contributed by atoms with Crippen molar-refractivity contribution in [1.82, 2.24) is 4.98 Å². The predicted molar refractivity (Wildman–Crippen MR) is 93.4 cm³/mol. The molecule has 0 fully saturated rings. The summed E-state index contributed by atoms with van der Waals surface area (Å²) in [4.78, 5) is 4.75. The quantitative estimate of drug-likeness (QED) is 0.706. The number of pyridine rings is 1. The molecule has 0 aliphatic heterocycles. The van der Waals surface area contributed by atoms with E-state index in [9.17, 15) is 5.11 Å². The van der Waals surface area contributed by atoms with Crippen molar-refractivity contribution in [3.8, 4) is 17.0 Å². The molecule has 3 aromatic rings. The summed E-state index contributed by atoms with van der Waals surface area (Å²) >= 11 is 0. The van der Waals surface area contributed by atoms with E-state index in [1.54, 1.807) is 0 Å². The van der Waals surface area contributed by atoms with Gasteiger partial charge in [0.25, 0.3) is 0 Å².